The van der Waals surface area contributed by atoms with Crippen molar-refractivity contribution in [1.29, 1.82) is 0 Å². The lowest BCUT2D eigenvalue weighted by molar-refractivity contribution is 0.404. The van der Waals surface area contributed by atoms with Gasteiger partial charge in [0.2, 0.25) is 0 Å². The maximum Gasteiger partial charge on any atom is 0.127 e. The van der Waals surface area contributed by atoms with Crippen LogP contribution in [0.5, 0.6) is 11.5 Å². The van der Waals surface area contributed by atoms with Gasteiger partial charge in [-0.15, -0.1) is 0 Å². The first-order valence-electron chi connectivity index (χ1n) is 6.84. The Labute approximate surface area is 118 Å². The van der Waals surface area contributed by atoms with Crippen LogP contribution < -0.4 is 14.8 Å². The molecule has 4 heteroatoms. The van der Waals surface area contributed by atoms with Crippen LogP contribution in [-0.2, 0) is 6.54 Å². The normalized spacial score (nSPS) is 14.3. The average molecular weight is 273 g/mol. The van der Waals surface area contributed by atoms with E-state index in [1.807, 2.05) is 24.3 Å². The van der Waals surface area contributed by atoms with Crippen molar-refractivity contribution in [3.05, 3.63) is 36.3 Å². The molecule has 0 atom stereocenters. The van der Waals surface area contributed by atoms with Gasteiger partial charge < -0.3 is 19.2 Å². The van der Waals surface area contributed by atoms with Crippen molar-refractivity contribution < 1.29 is 13.9 Å². The van der Waals surface area contributed by atoms with E-state index >= 15 is 0 Å². The largest absolute Gasteiger partial charge is 0.497 e. The first kappa shape index (κ1) is 13.1. The molecule has 1 heterocycles. The quantitative estimate of drug-likeness (QED) is 0.877. The molecule has 1 aliphatic carbocycles. The maximum absolute atomic E-state index is 5.61. The highest BCUT2D eigenvalue weighted by molar-refractivity contribution is 5.73. The third kappa shape index (κ3) is 2.65. The van der Waals surface area contributed by atoms with E-state index < -0.39 is 0 Å². The van der Waals surface area contributed by atoms with Crippen LogP contribution in [0.4, 0.5) is 0 Å². The van der Waals surface area contributed by atoms with Crippen molar-refractivity contribution in [3.63, 3.8) is 0 Å². The Kier molecular flexibility index (Phi) is 3.65. The summed E-state index contributed by atoms with van der Waals surface area (Å²) < 4.78 is 16.4. The van der Waals surface area contributed by atoms with Crippen molar-refractivity contribution in [3.8, 4) is 22.6 Å². The van der Waals surface area contributed by atoms with Gasteiger partial charge >= 0.3 is 0 Å². The van der Waals surface area contributed by atoms with E-state index in [1.54, 1.807) is 20.5 Å². The molecule has 0 aliphatic heterocycles. The van der Waals surface area contributed by atoms with Gasteiger partial charge in [0.25, 0.3) is 0 Å². The molecular formula is C16H19NO3. The molecule has 1 fully saturated rings. The minimum atomic E-state index is 0.653. The Balaban J connectivity index is 1.92. The fourth-order valence-corrected chi connectivity index (χ4v) is 2.27. The summed E-state index contributed by atoms with van der Waals surface area (Å²) in [6.45, 7) is 0.743. The molecule has 2 aromatic rings. The summed E-state index contributed by atoms with van der Waals surface area (Å²) in [5.41, 5.74) is 2.04. The van der Waals surface area contributed by atoms with E-state index in [4.69, 9.17) is 13.9 Å². The smallest absolute Gasteiger partial charge is 0.127 e. The zero-order valence-corrected chi connectivity index (χ0v) is 11.8. The molecule has 20 heavy (non-hydrogen) atoms. The molecule has 0 unspecified atom stereocenters. The Hall–Kier alpha value is -1.94. The van der Waals surface area contributed by atoms with Crippen LogP contribution in [0.15, 0.2) is 34.9 Å². The standard InChI is InChI=1S/C16H19NO3/c1-18-12-5-6-15(19-2)14(9-12)13-7-8-20-16(13)10-17-11-3-4-11/h5-9,11,17H,3-4,10H2,1-2H3. The lowest BCUT2D eigenvalue weighted by Crippen LogP contribution is -2.15. The van der Waals surface area contributed by atoms with Gasteiger partial charge in [-0.2, -0.15) is 0 Å². The minimum absolute atomic E-state index is 0.653. The van der Waals surface area contributed by atoms with Gasteiger partial charge in [0.15, 0.2) is 0 Å². The molecule has 0 bridgehead atoms. The van der Waals surface area contributed by atoms with Crippen molar-refractivity contribution in [2.45, 2.75) is 25.4 Å². The number of nitrogens with one attached hydrogen (secondary N) is 1. The summed E-state index contributed by atoms with van der Waals surface area (Å²) in [4.78, 5) is 0. The summed E-state index contributed by atoms with van der Waals surface area (Å²) in [7, 11) is 3.34. The Morgan fingerprint density at radius 3 is 2.70 bits per heavy atom. The summed E-state index contributed by atoms with van der Waals surface area (Å²) in [6.07, 6.45) is 4.25. The molecule has 0 radical (unpaired) electrons. The fraction of sp³-hybridized carbons (Fsp3) is 0.375. The molecule has 1 aromatic heterocycles. The fourth-order valence-electron chi connectivity index (χ4n) is 2.27. The molecule has 1 N–H and O–H groups in total. The SMILES string of the molecule is COc1ccc(OC)c(-c2ccoc2CNC2CC2)c1. The van der Waals surface area contributed by atoms with E-state index in [-0.39, 0.29) is 0 Å². The number of rotatable bonds is 6. The summed E-state index contributed by atoms with van der Waals surface area (Å²) in [5, 5.41) is 3.47. The summed E-state index contributed by atoms with van der Waals surface area (Å²) >= 11 is 0. The summed E-state index contributed by atoms with van der Waals surface area (Å²) in [5.74, 6) is 2.56. The van der Waals surface area contributed by atoms with E-state index in [1.165, 1.54) is 12.8 Å². The number of hydrogen-bond donors (Lipinski definition) is 1. The second-order valence-electron chi connectivity index (χ2n) is 4.98. The minimum Gasteiger partial charge on any atom is -0.497 e. The van der Waals surface area contributed by atoms with Crippen molar-refractivity contribution in [2.75, 3.05) is 14.2 Å². The van der Waals surface area contributed by atoms with E-state index in [2.05, 4.69) is 5.32 Å². The number of furan rings is 1. The molecule has 0 amide bonds. The van der Waals surface area contributed by atoms with Crippen LogP contribution >= 0.6 is 0 Å². The molecular weight excluding hydrogens is 254 g/mol. The molecule has 0 spiro atoms. The predicted octanol–water partition coefficient (Wildman–Crippen LogP) is 3.22. The molecule has 1 aliphatic rings. The third-order valence-corrected chi connectivity index (χ3v) is 3.57. The second kappa shape index (κ2) is 5.59. The molecule has 1 saturated carbocycles. The predicted molar refractivity (Wildman–Crippen MR) is 77.1 cm³/mol. The van der Waals surface area contributed by atoms with Gasteiger partial charge in [-0.1, -0.05) is 0 Å². The van der Waals surface area contributed by atoms with E-state index in [0.29, 0.717) is 6.04 Å². The topological polar surface area (TPSA) is 43.6 Å². The molecule has 4 nitrogen and oxygen atoms in total. The van der Waals surface area contributed by atoms with Crippen LogP contribution in [0, 0.1) is 0 Å². The van der Waals surface area contributed by atoms with Crippen molar-refractivity contribution >= 4 is 0 Å². The van der Waals surface area contributed by atoms with Gasteiger partial charge in [-0.3, -0.25) is 0 Å². The number of benzene rings is 1. The highest BCUT2D eigenvalue weighted by Crippen LogP contribution is 2.36. The van der Waals surface area contributed by atoms with Crippen molar-refractivity contribution in [1.82, 2.24) is 5.32 Å². The molecule has 1 aromatic carbocycles. The van der Waals surface area contributed by atoms with Crippen LogP contribution in [0.2, 0.25) is 0 Å². The zero-order chi connectivity index (χ0) is 13.9. The van der Waals surface area contributed by atoms with Crippen LogP contribution in [0.1, 0.15) is 18.6 Å². The van der Waals surface area contributed by atoms with Crippen LogP contribution in [-0.4, -0.2) is 20.3 Å². The third-order valence-electron chi connectivity index (χ3n) is 3.57. The van der Waals surface area contributed by atoms with Crippen LogP contribution in [0.3, 0.4) is 0 Å². The maximum atomic E-state index is 5.61. The van der Waals surface area contributed by atoms with Crippen LogP contribution in [0.25, 0.3) is 11.1 Å². The lowest BCUT2D eigenvalue weighted by Gasteiger charge is -2.11. The Morgan fingerprint density at radius 2 is 2.00 bits per heavy atom. The highest BCUT2D eigenvalue weighted by Gasteiger charge is 2.22. The molecule has 3 rings (SSSR count). The van der Waals surface area contributed by atoms with E-state index in [9.17, 15) is 0 Å². The van der Waals surface area contributed by atoms with Gasteiger partial charge in [0.1, 0.15) is 17.3 Å². The second-order valence-corrected chi connectivity index (χ2v) is 4.98. The number of methoxy groups -OCH3 is 2. The first-order valence-corrected chi connectivity index (χ1v) is 6.84. The first-order chi connectivity index (χ1) is 9.81. The Bertz CT molecular complexity index is 587. The van der Waals surface area contributed by atoms with Gasteiger partial charge in [0, 0.05) is 17.2 Å². The highest BCUT2D eigenvalue weighted by atomic mass is 16.5. The number of hydrogen-bond acceptors (Lipinski definition) is 4. The van der Waals surface area contributed by atoms with Gasteiger partial charge in [-0.25, -0.2) is 0 Å². The van der Waals surface area contributed by atoms with Crippen molar-refractivity contribution in [2.24, 2.45) is 0 Å². The lowest BCUT2D eigenvalue weighted by atomic mass is 10.0. The zero-order valence-electron chi connectivity index (χ0n) is 11.8. The molecule has 106 valence electrons. The Morgan fingerprint density at radius 1 is 1.15 bits per heavy atom. The average Bonchev–Trinajstić information content (AvgIpc) is 3.21. The van der Waals surface area contributed by atoms with Gasteiger partial charge in [-0.05, 0) is 37.1 Å². The monoisotopic (exact) mass is 273 g/mol. The van der Waals surface area contributed by atoms with E-state index in [0.717, 1.165) is 34.9 Å². The number of ether oxygens (including phenoxy) is 2. The summed E-state index contributed by atoms with van der Waals surface area (Å²) in [6, 6.07) is 8.41. The molecule has 0 saturated heterocycles. The van der Waals surface area contributed by atoms with Gasteiger partial charge in [0.05, 0.1) is 27.0 Å².